The number of para-hydroxylation sites is 1. The SMILES string of the molecule is Cc1cc(CCCCN2C(=O)c3ccccc3C2=O)c2nc(-c3ccccc3N)sc2c1. The molecule has 4 aromatic rings. The molecule has 0 aliphatic carbocycles. The summed E-state index contributed by atoms with van der Waals surface area (Å²) in [5, 5.41) is 0.927. The van der Waals surface area contributed by atoms with E-state index in [2.05, 4.69) is 19.1 Å². The summed E-state index contributed by atoms with van der Waals surface area (Å²) in [5.41, 5.74) is 12.3. The Bertz CT molecular complexity index is 1320. The molecule has 5 rings (SSSR count). The summed E-state index contributed by atoms with van der Waals surface area (Å²) in [6, 6.07) is 19.2. The van der Waals surface area contributed by atoms with E-state index >= 15 is 0 Å². The Labute approximate surface area is 190 Å². The number of carbonyl (C=O) groups excluding carboxylic acids is 2. The fourth-order valence-corrected chi connectivity index (χ4v) is 5.44. The van der Waals surface area contributed by atoms with Crippen LogP contribution in [0.15, 0.2) is 60.7 Å². The molecule has 2 amide bonds. The maximum absolute atomic E-state index is 12.5. The van der Waals surface area contributed by atoms with Crippen LogP contribution < -0.4 is 5.73 Å². The van der Waals surface area contributed by atoms with Crippen molar-refractivity contribution in [3.05, 3.63) is 82.9 Å². The Kier molecular flexibility index (Phi) is 5.23. The van der Waals surface area contributed by atoms with Crippen LogP contribution in [0.3, 0.4) is 0 Å². The molecule has 5 nitrogen and oxygen atoms in total. The number of nitrogen functional groups attached to an aromatic ring is 1. The van der Waals surface area contributed by atoms with E-state index in [9.17, 15) is 9.59 Å². The van der Waals surface area contributed by atoms with Crippen molar-refractivity contribution in [2.45, 2.75) is 26.2 Å². The average Bonchev–Trinajstić information content (AvgIpc) is 3.31. The van der Waals surface area contributed by atoms with E-state index in [4.69, 9.17) is 10.7 Å². The molecular formula is C26H23N3O2S. The number of imide groups is 1. The van der Waals surface area contributed by atoms with Gasteiger partial charge >= 0.3 is 0 Å². The van der Waals surface area contributed by atoms with Crippen molar-refractivity contribution < 1.29 is 9.59 Å². The maximum Gasteiger partial charge on any atom is 0.261 e. The molecule has 1 aliphatic heterocycles. The summed E-state index contributed by atoms with van der Waals surface area (Å²) in [6.45, 7) is 2.53. The molecule has 0 saturated carbocycles. The number of nitrogens with two attached hydrogens (primary N) is 1. The third-order valence-corrected chi connectivity index (χ3v) is 6.90. The quantitative estimate of drug-likeness (QED) is 0.244. The lowest BCUT2D eigenvalue weighted by atomic mass is 10.0. The number of thiazole rings is 1. The summed E-state index contributed by atoms with van der Waals surface area (Å²) in [6.07, 6.45) is 2.46. The zero-order valence-electron chi connectivity index (χ0n) is 17.8. The van der Waals surface area contributed by atoms with Gasteiger partial charge in [-0.05, 0) is 67.6 Å². The smallest absolute Gasteiger partial charge is 0.261 e. The van der Waals surface area contributed by atoms with Crippen LogP contribution in [-0.2, 0) is 6.42 Å². The number of aromatic nitrogens is 1. The van der Waals surface area contributed by atoms with Gasteiger partial charge in [-0.2, -0.15) is 0 Å². The van der Waals surface area contributed by atoms with Gasteiger partial charge in [-0.15, -0.1) is 11.3 Å². The molecule has 160 valence electrons. The normalized spacial score (nSPS) is 13.2. The van der Waals surface area contributed by atoms with Gasteiger partial charge in [0.25, 0.3) is 11.8 Å². The minimum atomic E-state index is -0.187. The molecule has 0 bridgehead atoms. The topological polar surface area (TPSA) is 76.3 Å². The first-order chi connectivity index (χ1) is 15.5. The third-order valence-electron chi connectivity index (χ3n) is 5.87. The second-order valence-electron chi connectivity index (χ2n) is 8.14. The highest BCUT2D eigenvalue weighted by atomic mass is 32.1. The highest BCUT2D eigenvalue weighted by Crippen LogP contribution is 2.35. The minimum Gasteiger partial charge on any atom is -0.398 e. The Morgan fingerprint density at radius 3 is 2.25 bits per heavy atom. The number of hydrogen-bond acceptors (Lipinski definition) is 5. The average molecular weight is 442 g/mol. The first kappa shape index (κ1) is 20.4. The number of anilines is 1. The first-order valence-corrected chi connectivity index (χ1v) is 11.5. The predicted octanol–water partition coefficient (Wildman–Crippen LogP) is 5.47. The van der Waals surface area contributed by atoms with Crippen molar-refractivity contribution in [2.24, 2.45) is 0 Å². The van der Waals surface area contributed by atoms with E-state index in [1.165, 1.54) is 16.0 Å². The molecule has 0 saturated heterocycles. The fourth-order valence-electron chi connectivity index (χ4n) is 4.28. The minimum absolute atomic E-state index is 0.187. The van der Waals surface area contributed by atoms with Crippen molar-refractivity contribution in [2.75, 3.05) is 12.3 Å². The molecule has 32 heavy (non-hydrogen) atoms. The molecule has 6 heteroatoms. The van der Waals surface area contributed by atoms with Gasteiger partial charge < -0.3 is 5.73 Å². The fraction of sp³-hybridized carbons (Fsp3) is 0.192. The van der Waals surface area contributed by atoms with Crippen LogP contribution in [0.4, 0.5) is 5.69 Å². The standard InChI is InChI=1S/C26H23N3O2S/c1-16-14-17(23-22(15-16)32-24(28-23)20-11-4-5-12-21(20)27)8-6-7-13-29-25(30)18-9-2-3-10-19(18)26(29)31/h2-5,9-12,14-15H,6-8,13,27H2,1H3. The van der Waals surface area contributed by atoms with Crippen LogP contribution in [0.2, 0.25) is 0 Å². The third kappa shape index (κ3) is 3.56. The molecule has 1 aliphatic rings. The van der Waals surface area contributed by atoms with E-state index in [0.717, 1.165) is 45.7 Å². The van der Waals surface area contributed by atoms with Gasteiger partial charge in [0.1, 0.15) is 5.01 Å². The number of aryl methyl sites for hydroxylation is 2. The zero-order valence-corrected chi connectivity index (χ0v) is 18.6. The number of fused-ring (bicyclic) bond motifs is 2. The summed E-state index contributed by atoms with van der Waals surface area (Å²) in [5.74, 6) is -0.374. The van der Waals surface area contributed by atoms with Gasteiger partial charge in [0, 0.05) is 17.8 Å². The number of unbranched alkanes of at least 4 members (excludes halogenated alkanes) is 1. The predicted molar refractivity (Wildman–Crippen MR) is 129 cm³/mol. The summed E-state index contributed by atoms with van der Waals surface area (Å²) >= 11 is 1.66. The molecule has 0 fully saturated rings. The number of nitrogens with zero attached hydrogens (tertiary/aromatic N) is 2. The van der Waals surface area contributed by atoms with E-state index in [-0.39, 0.29) is 11.8 Å². The molecule has 2 heterocycles. The van der Waals surface area contributed by atoms with Gasteiger partial charge in [0.15, 0.2) is 0 Å². The van der Waals surface area contributed by atoms with Crippen molar-refractivity contribution in [1.82, 2.24) is 9.88 Å². The molecule has 0 atom stereocenters. The van der Waals surface area contributed by atoms with Crippen LogP contribution in [0.1, 0.15) is 44.7 Å². The number of amides is 2. The summed E-state index contributed by atoms with van der Waals surface area (Å²) < 4.78 is 1.15. The van der Waals surface area contributed by atoms with Crippen molar-refractivity contribution in [3.8, 4) is 10.6 Å². The monoisotopic (exact) mass is 441 g/mol. The van der Waals surface area contributed by atoms with E-state index in [1.54, 1.807) is 35.6 Å². The Balaban J connectivity index is 1.30. The Hall–Kier alpha value is -3.51. The second kappa shape index (κ2) is 8.20. The van der Waals surface area contributed by atoms with Crippen LogP contribution in [0.5, 0.6) is 0 Å². The number of rotatable bonds is 6. The largest absolute Gasteiger partial charge is 0.398 e. The van der Waals surface area contributed by atoms with Crippen molar-refractivity contribution >= 4 is 39.1 Å². The number of carbonyl (C=O) groups is 2. The molecule has 0 unspecified atom stereocenters. The zero-order chi connectivity index (χ0) is 22.2. The van der Waals surface area contributed by atoms with Gasteiger partial charge in [0.2, 0.25) is 0 Å². The molecular weight excluding hydrogens is 418 g/mol. The van der Waals surface area contributed by atoms with Crippen LogP contribution in [-0.4, -0.2) is 28.2 Å². The van der Waals surface area contributed by atoms with Crippen LogP contribution in [0, 0.1) is 6.92 Å². The van der Waals surface area contributed by atoms with Gasteiger partial charge in [0.05, 0.1) is 21.3 Å². The van der Waals surface area contributed by atoms with Crippen molar-refractivity contribution in [1.29, 1.82) is 0 Å². The number of benzene rings is 3. The molecule has 0 spiro atoms. The summed E-state index contributed by atoms with van der Waals surface area (Å²) in [4.78, 5) is 31.4. The lowest BCUT2D eigenvalue weighted by molar-refractivity contribution is 0.0652. The highest BCUT2D eigenvalue weighted by molar-refractivity contribution is 7.21. The lowest BCUT2D eigenvalue weighted by Crippen LogP contribution is -2.30. The molecule has 2 N–H and O–H groups in total. The highest BCUT2D eigenvalue weighted by Gasteiger charge is 2.34. The molecule has 0 radical (unpaired) electrons. The lowest BCUT2D eigenvalue weighted by Gasteiger charge is -2.13. The van der Waals surface area contributed by atoms with E-state index in [1.807, 2.05) is 24.3 Å². The van der Waals surface area contributed by atoms with Gasteiger partial charge in [-0.3, -0.25) is 14.5 Å². The van der Waals surface area contributed by atoms with Crippen LogP contribution >= 0.6 is 11.3 Å². The second-order valence-corrected chi connectivity index (χ2v) is 9.17. The molecule has 1 aromatic heterocycles. The molecule has 3 aromatic carbocycles. The van der Waals surface area contributed by atoms with E-state index < -0.39 is 0 Å². The van der Waals surface area contributed by atoms with E-state index in [0.29, 0.717) is 17.7 Å². The summed E-state index contributed by atoms with van der Waals surface area (Å²) in [7, 11) is 0. The van der Waals surface area contributed by atoms with Gasteiger partial charge in [-0.25, -0.2) is 4.98 Å². The van der Waals surface area contributed by atoms with Gasteiger partial charge in [-0.1, -0.05) is 30.3 Å². The number of hydrogen-bond donors (Lipinski definition) is 1. The Morgan fingerprint density at radius 1 is 0.906 bits per heavy atom. The Morgan fingerprint density at radius 2 is 1.56 bits per heavy atom. The van der Waals surface area contributed by atoms with Crippen LogP contribution in [0.25, 0.3) is 20.8 Å². The maximum atomic E-state index is 12.5. The van der Waals surface area contributed by atoms with Crippen molar-refractivity contribution in [3.63, 3.8) is 0 Å². The first-order valence-electron chi connectivity index (χ1n) is 10.7.